The van der Waals surface area contributed by atoms with Gasteiger partial charge in [0.1, 0.15) is 11.5 Å². The van der Waals surface area contributed by atoms with Gasteiger partial charge >= 0.3 is 15.6 Å². The van der Waals surface area contributed by atoms with Crippen LogP contribution in [0.3, 0.4) is 0 Å². The number of alkyl halides is 3. The van der Waals surface area contributed by atoms with Gasteiger partial charge in [0.05, 0.1) is 0 Å². The number of rotatable bonds is 3. The first kappa shape index (κ1) is 19.2. The van der Waals surface area contributed by atoms with Crippen molar-refractivity contribution in [2.45, 2.75) is 36.6 Å². The molecule has 8 heteroatoms. The molecule has 0 spiro atoms. The Morgan fingerprint density at radius 3 is 2.20 bits per heavy atom. The normalized spacial score (nSPS) is 20.5. The summed E-state index contributed by atoms with van der Waals surface area (Å²) in [6, 6.07) is 13.7. The van der Waals surface area contributed by atoms with Crippen molar-refractivity contribution in [1.82, 2.24) is 0 Å². The molecule has 1 N–H and O–H groups in total. The highest BCUT2D eigenvalue weighted by Gasteiger charge is 2.50. The molecule has 0 radical (unpaired) electrons. The van der Waals surface area contributed by atoms with Crippen LogP contribution < -0.4 is 4.18 Å². The van der Waals surface area contributed by atoms with E-state index in [0.717, 1.165) is 41.3 Å². The highest BCUT2D eigenvalue weighted by atomic mass is 32.2. The van der Waals surface area contributed by atoms with E-state index in [2.05, 4.69) is 4.18 Å². The van der Waals surface area contributed by atoms with Gasteiger partial charge in [-0.25, -0.2) is 0 Å². The molecule has 2 bridgehead atoms. The second-order valence-electron chi connectivity index (χ2n) is 7.81. The van der Waals surface area contributed by atoms with Crippen molar-refractivity contribution in [3.05, 3.63) is 59.7 Å². The van der Waals surface area contributed by atoms with E-state index in [1.807, 2.05) is 18.2 Å². The van der Waals surface area contributed by atoms with Gasteiger partial charge in [-0.2, -0.15) is 21.6 Å². The number of aromatic hydroxyl groups is 1. The first-order valence-electron chi connectivity index (χ1n) is 9.56. The molecule has 1 saturated carbocycles. The van der Waals surface area contributed by atoms with E-state index in [1.54, 1.807) is 24.3 Å². The Labute approximate surface area is 171 Å². The minimum atomic E-state index is -5.74. The first-order chi connectivity index (χ1) is 14.2. The molecule has 2 atom stereocenters. The summed E-state index contributed by atoms with van der Waals surface area (Å²) in [6.45, 7) is 0. The van der Waals surface area contributed by atoms with Crippen LogP contribution in [0.4, 0.5) is 13.2 Å². The number of hydrogen-bond acceptors (Lipinski definition) is 4. The minimum Gasteiger partial charge on any atom is -0.507 e. The molecule has 1 fully saturated rings. The summed E-state index contributed by atoms with van der Waals surface area (Å²) < 4.78 is 66.4. The predicted octanol–water partition coefficient (Wildman–Crippen LogP) is 5.81. The highest BCUT2D eigenvalue weighted by Crippen LogP contribution is 2.59. The Balaban J connectivity index is 1.72. The summed E-state index contributed by atoms with van der Waals surface area (Å²) in [5.74, 6) is 0.0292. The Morgan fingerprint density at radius 1 is 0.867 bits per heavy atom. The fraction of sp³-hybridized carbons (Fsp3) is 0.273. The summed E-state index contributed by atoms with van der Waals surface area (Å²) in [7, 11) is -5.74. The summed E-state index contributed by atoms with van der Waals surface area (Å²) in [5, 5.41) is 11.7. The molecule has 0 amide bonds. The molecule has 2 unspecified atom stereocenters. The van der Waals surface area contributed by atoms with Crippen molar-refractivity contribution in [2.24, 2.45) is 0 Å². The van der Waals surface area contributed by atoms with Gasteiger partial charge < -0.3 is 9.29 Å². The molecule has 0 aliphatic heterocycles. The number of halogens is 3. The monoisotopic (exact) mass is 434 g/mol. The third-order valence-corrected chi connectivity index (χ3v) is 7.14. The summed E-state index contributed by atoms with van der Waals surface area (Å²) in [4.78, 5) is 0. The highest BCUT2D eigenvalue weighted by molar-refractivity contribution is 7.88. The van der Waals surface area contributed by atoms with E-state index < -0.39 is 15.6 Å². The summed E-state index contributed by atoms with van der Waals surface area (Å²) >= 11 is 0. The fourth-order valence-electron chi connectivity index (χ4n) is 4.97. The lowest BCUT2D eigenvalue weighted by molar-refractivity contribution is -0.0500. The first-order valence-corrected chi connectivity index (χ1v) is 11.0. The van der Waals surface area contributed by atoms with Gasteiger partial charge in [0.25, 0.3) is 0 Å². The van der Waals surface area contributed by atoms with Gasteiger partial charge in [0.2, 0.25) is 0 Å². The molecule has 0 heterocycles. The number of fused-ring (bicyclic) bond motifs is 6. The third kappa shape index (κ3) is 2.77. The van der Waals surface area contributed by atoms with Crippen molar-refractivity contribution < 1.29 is 30.9 Å². The maximum atomic E-state index is 12.9. The SMILES string of the molecule is O=S(=O)(Oc1ccc(-c2ccc(O)c3ccccc23)c2c1C1CCC2C1)C(F)(F)F. The van der Waals surface area contributed by atoms with Crippen molar-refractivity contribution in [3.63, 3.8) is 0 Å². The smallest absolute Gasteiger partial charge is 0.507 e. The number of benzene rings is 3. The molecule has 156 valence electrons. The zero-order valence-corrected chi connectivity index (χ0v) is 16.4. The zero-order chi connectivity index (χ0) is 21.3. The van der Waals surface area contributed by atoms with E-state index >= 15 is 0 Å². The lowest BCUT2D eigenvalue weighted by Gasteiger charge is -2.23. The zero-order valence-electron chi connectivity index (χ0n) is 15.6. The summed E-state index contributed by atoms with van der Waals surface area (Å²) in [5.41, 5.74) is -2.38. The lowest BCUT2D eigenvalue weighted by Crippen LogP contribution is -2.28. The maximum absolute atomic E-state index is 12.9. The van der Waals surface area contributed by atoms with Crippen LogP contribution in [0.2, 0.25) is 0 Å². The van der Waals surface area contributed by atoms with Crippen LogP contribution >= 0.6 is 0 Å². The molecule has 0 saturated heterocycles. The molecule has 3 aromatic rings. The minimum absolute atomic E-state index is 0.0215. The van der Waals surface area contributed by atoms with Gasteiger partial charge in [-0.3, -0.25) is 0 Å². The number of phenolic OH excluding ortho intramolecular Hbond substituents is 1. The average molecular weight is 434 g/mol. The van der Waals surface area contributed by atoms with Crippen molar-refractivity contribution in [1.29, 1.82) is 0 Å². The van der Waals surface area contributed by atoms with Gasteiger partial charge in [0.15, 0.2) is 0 Å². The Hall–Kier alpha value is -2.74. The van der Waals surface area contributed by atoms with E-state index in [-0.39, 0.29) is 23.3 Å². The molecular formula is C22H17F3O4S. The van der Waals surface area contributed by atoms with E-state index in [9.17, 15) is 26.7 Å². The molecule has 0 aromatic heterocycles. The number of phenols is 1. The molecule has 5 rings (SSSR count). The van der Waals surface area contributed by atoms with Crippen LogP contribution in [-0.4, -0.2) is 19.0 Å². The summed E-state index contributed by atoms with van der Waals surface area (Å²) in [6.07, 6.45) is 2.46. The van der Waals surface area contributed by atoms with Gasteiger partial charge in [-0.1, -0.05) is 36.4 Å². The van der Waals surface area contributed by atoms with Crippen LogP contribution in [0.1, 0.15) is 42.2 Å². The molecule has 3 aromatic carbocycles. The second-order valence-corrected chi connectivity index (χ2v) is 9.34. The van der Waals surface area contributed by atoms with Crippen LogP contribution in [0.25, 0.3) is 21.9 Å². The van der Waals surface area contributed by atoms with Crippen LogP contribution in [0, 0.1) is 0 Å². The fourth-order valence-corrected chi connectivity index (χ4v) is 5.45. The average Bonchev–Trinajstić information content (AvgIpc) is 3.31. The van der Waals surface area contributed by atoms with Crippen LogP contribution in [-0.2, 0) is 10.1 Å². The van der Waals surface area contributed by atoms with Gasteiger partial charge in [0, 0.05) is 10.9 Å². The Bertz CT molecular complexity index is 1280. The molecule has 30 heavy (non-hydrogen) atoms. The van der Waals surface area contributed by atoms with E-state index in [1.165, 1.54) is 6.07 Å². The molecule has 2 aliphatic carbocycles. The quantitative estimate of drug-likeness (QED) is 0.418. The van der Waals surface area contributed by atoms with Crippen molar-refractivity contribution in [3.8, 4) is 22.6 Å². The second kappa shape index (κ2) is 6.38. The topological polar surface area (TPSA) is 63.6 Å². The Kier molecular flexibility index (Phi) is 4.09. The molecule has 4 nitrogen and oxygen atoms in total. The molecule has 2 aliphatic rings. The van der Waals surface area contributed by atoms with Gasteiger partial charge in [-0.05, 0) is 65.3 Å². The Morgan fingerprint density at radius 2 is 1.50 bits per heavy atom. The third-order valence-electron chi connectivity index (χ3n) is 6.17. The van der Waals surface area contributed by atoms with E-state index in [0.29, 0.717) is 10.9 Å². The van der Waals surface area contributed by atoms with E-state index in [4.69, 9.17) is 0 Å². The largest absolute Gasteiger partial charge is 0.534 e. The van der Waals surface area contributed by atoms with Crippen LogP contribution in [0.5, 0.6) is 11.5 Å². The molecular weight excluding hydrogens is 417 g/mol. The van der Waals surface area contributed by atoms with Crippen molar-refractivity contribution >= 4 is 20.9 Å². The predicted molar refractivity (Wildman–Crippen MR) is 106 cm³/mol. The standard InChI is InChI=1S/C22H17F3O4S/c23-22(24,25)30(27,28)29-19-10-8-17(20-12-5-6-13(11-12)21(19)20)15-7-9-18(26)16-4-2-1-3-14(15)16/h1-4,7-10,12-13,26H,5-6,11H2. The van der Waals surface area contributed by atoms with Gasteiger partial charge in [-0.15, -0.1) is 0 Å². The maximum Gasteiger partial charge on any atom is 0.534 e. The van der Waals surface area contributed by atoms with Crippen LogP contribution in [0.15, 0.2) is 48.5 Å². The van der Waals surface area contributed by atoms with Crippen molar-refractivity contribution in [2.75, 3.05) is 0 Å². The lowest BCUT2D eigenvalue weighted by atomic mass is 9.84. The number of hydrogen-bond donors (Lipinski definition) is 1.